The molecule has 122 valence electrons. The second-order valence-electron chi connectivity index (χ2n) is 5.95. The molecule has 1 aromatic rings. The lowest BCUT2D eigenvalue weighted by atomic mass is 10.00. The molecule has 0 bridgehead atoms. The van der Waals surface area contributed by atoms with E-state index < -0.39 is 0 Å². The van der Waals surface area contributed by atoms with Crippen molar-refractivity contribution in [1.29, 1.82) is 0 Å². The predicted molar refractivity (Wildman–Crippen MR) is 95.6 cm³/mol. The molecule has 0 atom stereocenters. The third-order valence-electron chi connectivity index (χ3n) is 4.17. The molecule has 0 aliphatic carbocycles. The smallest absolute Gasteiger partial charge is 0.286 e. The zero-order valence-electron chi connectivity index (χ0n) is 13.6. The Morgan fingerprint density at radius 1 is 1.35 bits per heavy atom. The van der Waals surface area contributed by atoms with E-state index in [0.717, 1.165) is 35.5 Å². The highest BCUT2D eigenvalue weighted by atomic mass is 32.2. The van der Waals surface area contributed by atoms with E-state index in [1.54, 1.807) is 0 Å². The number of hydrogen-bond acceptors (Lipinski definition) is 4. The second-order valence-corrected chi connectivity index (χ2v) is 6.96. The summed E-state index contributed by atoms with van der Waals surface area (Å²) in [6.07, 6.45) is 4.22. The van der Waals surface area contributed by atoms with Crippen LogP contribution in [0.25, 0.3) is 6.08 Å². The van der Waals surface area contributed by atoms with Gasteiger partial charge in [0.25, 0.3) is 5.91 Å². The maximum atomic E-state index is 12.2. The van der Waals surface area contributed by atoms with E-state index in [2.05, 4.69) is 16.8 Å². The summed E-state index contributed by atoms with van der Waals surface area (Å²) in [5, 5.41) is 0.849. The molecule has 1 saturated heterocycles. The van der Waals surface area contributed by atoms with Crippen LogP contribution < -0.4 is 4.74 Å². The fourth-order valence-corrected chi connectivity index (χ4v) is 3.72. The molecule has 1 amide bonds. The number of rotatable bonds is 3. The van der Waals surface area contributed by atoms with Crippen molar-refractivity contribution in [3.05, 3.63) is 34.7 Å². The fraction of sp³-hybridized carbons (Fsp3) is 0.444. The van der Waals surface area contributed by atoms with Gasteiger partial charge in [0.15, 0.2) is 5.17 Å². The summed E-state index contributed by atoms with van der Waals surface area (Å²) in [6.45, 7) is 6.82. The number of likely N-dealkylation sites (tertiary alicyclic amines) is 1. The Labute approximate surface area is 141 Å². The Bertz CT molecular complexity index is 646. The monoisotopic (exact) mass is 330 g/mol. The quantitative estimate of drug-likeness (QED) is 0.791. The number of amides is 1. The third kappa shape index (κ3) is 3.78. The van der Waals surface area contributed by atoms with Gasteiger partial charge in [-0.15, -0.1) is 0 Å². The Morgan fingerprint density at radius 3 is 2.83 bits per heavy atom. The molecule has 4 nitrogen and oxygen atoms in total. The van der Waals surface area contributed by atoms with E-state index in [4.69, 9.17) is 4.74 Å². The normalized spacial score (nSPS) is 21.0. The number of hydrogen-bond donors (Lipinski definition) is 0. The molecule has 23 heavy (non-hydrogen) atoms. The summed E-state index contributed by atoms with van der Waals surface area (Å²) >= 11 is 1.48. The molecular weight excluding hydrogens is 308 g/mol. The molecule has 0 radical (unpaired) electrons. The number of carbonyl (C=O) groups excluding carboxylic acids is 1. The number of ether oxygens (including phenoxy) is 1. The van der Waals surface area contributed by atoms with Crippen LogP contribution in [-0.4, -0.2) is 35.7 Å². The van der Waals surface area contributed by atoms with Gasteiger partial charge in [-0.2, -0.15) is 4.99 Å². The van der Waals surface area contributed by atoms with Crippen molar-refractivity contribution in [2.24, 2.45) is 10.9 Å². The first-order valence-electron chi connectivity index (χ1n) is 8.16. The van der Waals surface area contributed by atoms with Gasteiger partial charge in [-0.05, 0) is 49.6 Å². The number of nitrogens with zero attached hydrogens (tertiary/aromatic N) is 2. The van der Waals surface area contributed by atoms with E-state index in [-0.39, 0.29) is 5.91 Å². The van der Waals surface area contributed by atoms with Crippen molar-refractivity contribution in [1.82, 2.24) is 4.90 Å². The SMILES string of the molecule is CCOc1ccccc1/C=C1\SC(N2CCC(C)CC2)=NC1=O. The van der Waals surface area contributed by atoms with Crippen molar-refractivity contribution < 1.29 is 9.53 Å². The van der Waals surface area contributed by atoms with E-state index >= 15 is 0 Å². The van der Waals surface area contributed by atoms with Crippen LogP contribution in [-0.2, 0) is 4.79 Å². The molecule has 2 heterocycles. The molecule has 0 aromatic heterocycles. The van der Waals surface area contributed by atoms with Crippen LogP contribution in [0.15, 0.2) is 34.2 Å². The Kier molecular flexibility index (Phi) is 5.06. The first kappa shape index (κ1) is 16.1. The molecule has 0 N–H and O–H groups in total. The largest absolute Gasteiger partial charge is 0.493 e. The Hall–Kier alpha value is -1.75. The first-order valence-corrected chi connectivity index (χ1v) is 8.98. The molecule has 1 fully saturated rings. The summed E-state index contributed by atoms with van der Waals surface area (Å²) in [7, 11) is 0. The number of amidine groups is 1. The summed E-state index contributed by atoms with van der Waals surface area (Å²) < 4.78 is 5.62. The molecule has 1 aromatic carbocycles. The minimum absolute atomic E-state index is 0.144. The molecule has 2 aliphatic rings. The number of aliphatic imine (C=N–C) groups is 1. The maximum absolute atomic E-state index is 12.2. The van der Waals surface area contributed by atoms with Crippen molar-refractivity contribution in [3.63, 3.8) is 0 Å². The van der Waals surface area contributed by atoms with Crippen molar-refractivity contribution in [3.8, 4) is 5.75 Å². The molecular formula is C18H22N2O2S. The van der Waals surface area contributed by atoms with Gasteiger partial charge in [-0.25, -0.2) is 0 Å². The number of piperidine rings is 1. The van der Waals surface area contributed by atoms with Gasteiger partial charge in [0, 0.05) is 18.7 Å². The molecule has 0 saturated carbocycles. The van der Waals surface area contributed by atoms with E-state index in [1.807, 2.05) is 37.3 Å². The van der Waals surface area contributed by atoms with Crippen LogP contribution in [0.5, 0.6) is 5.75 Å². The zero-order chi connectivity index (χ0) is 16.2. The van der Waals surface area contributed by atoms with Gasteiger partial charge >= 0.3 is 0 Å². The van der Waals surface area contributed by atoms with Gasteiger partial charge in [-0.3, -0.25) is 4.79 Å². The maximum Gasteiger partial charge on any atom is 0.286 e. The van der Waals surface area contributed by atoms with Crippen LogP contribution in [0.3, 0.4) is 0 Å². The van der Waals surface area contributed by atoms with Crippen LogP contribution in [0.2, 0.25) is 0 Å². The fourth-order valence-electron chi connectivity index (χ4n) is 2.76. The number of thioether (sulfide) groups is 1. The second kappa shape index (κ2) is 7.21. The summed E-state index contributed by atoms with van der Waals surface area (Å²) in [6, 6.07) is 7.78. The summed E-state index contributed by atoms with van der Waals surface area (Å²) in [5.41, 5.74) is 0.925. The van der Waals surface area contributed by atoms with Gasteiger partial charge in [0.1, 0.15) is 5.75 Å². The number of benzene rings is 1. The molecule has 0 spiro atoms. The van der Waals surface area contributed by atoms with Crippen molar-refractivity contribution in [2.45, 2.75) is 26.7 Å². The minimum Gasteiger partial charge on any atom is -0.493 e. The van der Waals surface area contributed by atoms with Crippen LogP contribution in [0.4, 0.5) is 0 Å². The highest BCUT2D eigenvalue weighted by Gasteiger charge is 2.28. The molecule has 3 rings (SSSR count). The van der Waals surface area contributed by atoms with Gasteiger partial charge in [0.05, 0.1) is 11.5 Å². The lowest BCUT2D eigenvalue weighted by molar-refractivity contribution is -0.113. The summed E-state index contributed by atoms with van der Waals surface area (Å²) in [4.78, 5) is 19.4. The van der Waals surface area contributed by atoms with Crippen LogP contribution >= 0.6 is 11.8 Å². The lowest BCUT2D eigenvalue weighted by Gasteiger charge is -2.30. The predicted octanol–water partition coefficient (Wildman–Crippen LogP) is 3.79. The van der Waals surface area contributed by atoms with Gasteiger partial charge in [0.2, 0.25) is 0 Å². The van der Waals surface area contributed by atoms with Crippen LogP contribution in [0, 0.1) is 5.92 Å². The first-order chi connectivity index (χ1) is 11.2. The lowest BCUT2D eigenvalue weighted by Crippen LogP contribution is -2.35. The average molecular weight is 330 g/mol. The van der Waals surface area contributed by atoms with E-state index in [1.165, 1.54) is 24.6 Å². The van der Waals surface area contributed by atoms with Gasteiger partial charge < -0.3 is 9.64 Å². The molecule has 2 aliphatic heterocycles. The minimum atomic E-state index is -0.144. The number of para-hydroxylation sites is 1. The summed E-state index contributed by atoms with van der Waals surface area (Å²) in [5.74, 6) is 1.42. The van der Waals surface area contributed by atoms with Gasteiger partial charge in [-0.1, -0.05) is 25.1 Å². The van der Waals surface area contributed by atoms with Crippen LogP contribution in [0.1, 0.15) is 32.3 Å². The van der Waals surface area contributed by atoms with E-state index in [0.29, 0.717) is 11.5 Å². The van der Waals surface area contributed by atoms with Crippen molar-refractivity contribution in [2.75, 3.05) is 19.7 Å². The third-order valence-corrected chi connectivity index (χ3v) is 5.21. The topological polar surface area (TPSA) is 41.9 Å². The van der Waals surface area contributed by atoms with Crippen molar-refractivity contribution >= 4 is 28.9 Å². The highest BCUT2D eigenvalue weighted by molar-refractivity contribution is 8.18. The Balaban J connectivity index is 1.75. The standard InChI is InChI=1S/C18H22N2O2S/c1-3-22-15-7-5-4-6-14(15)12-16-17(21)19-18(23-16)20-10-8-13(2)9-11-20/h4-7,12-13H,3,8-11H2,1-2H3/b16-12-. The average Bonchev–Trinajstić information content (AvgIpc) is 2.91. The zero-order valence-corrected chi connectivity index (χ0v) is 14.4. The molecule has 5 heteroatoms. The Morgan fingerprint density at radius 2 is 2.09 bits per heavy atom. The highest BCUT2D eigenvalue weighted by Crippen LogP contribution is 2.33. The van der Waals surface area contributed by atoms with E-state index in [9.17, 15) is 4.79 Å². The molecule has 0 unspecified atom stereocenters. The number of carbonyl (C=O) groups is 1.